The van der Waals surface area contributed by atoms with Gasteiger partial charge in [0.2, 0.25) is 5.91 Å². The van der Waals surface area contributed by atoms with Gasteiger partial charge in [-0.25, -0.2) is 0 Å². The number of amides is 1. The maximum Gasteiger partial charge on any atom is 0.237 e. The third-order valence-corrected chi connectivity index (χ3v) is 3.62. The average Bonchev–Trinajstić information content (AvgIpc) is 2.47. The van der Waals surface area contributed by atoms with E-state index in [1.807, 2.05) is 0 Å². The number of carbonyl (C=O) groups is 1. The van der Waals surface area contributed by atoms with Crippen molar-refractivity contribution in [1.29, 1.82) is 0 Å². The van der Waals surface area contributed by atoms with Gasteiger partial charge in [0.15, 0.2) is 0 Å². The van der Waals surface area contributed by atoms with Gasteiger partial charge in [0.25, 0.3) is 0 Å². The highest BCUT2D eigenvalue weighted by Gasteiger charge is 2.17. The summed E-state index contributed by atoms with van der Waals surface area (Å²) in [6.07, 6.45) is 5.81. The van der Waals surface area contributed by atoms with Gasteiger partial charge in [-0.3, -0.25) is 4.79 Å². The summed E-state index contributed by atoms with van der Waals surface area (Å²) in [7, 11) is 0. The standard InChI is InChI=1S/C17H28N2O2/c1-3-5-7-14(6-4-2)19-17(21)16(18)12-13-8-10-15(20)11-9-13/h8-11,14,16,20H,3-7,12,18H2,1-2H3,(H,19,21)/t14?,16-/m0/s1. The van der Waals surface area contributed by atoms with E-state index in [2.05, 4.69) is 19.2 Å². The molecule has 4 nitrogen and oxygen atoms in total. The number of aromatic hydroxyl groups is 1. The predicted octanol–water partition coefficient (Wildman–Crippen LogP) is 2.74. The highest BCUT2D eigenvalue weighted by Crippen LogP contribution is 2.11. The van der Waals surface area contributed by atoms with Crippen LogP contribution < -0.4 is 11.1 Å². The first kappa shape index (κ1) is 17.5. The van der Waals surface area contributed by atoms with Crippen molar-refractivity contribution in [3.63, 3.8) is 0 Å². The number of hydrogen-bond donors (Lipinski definition) is 3. The lowest BCUT2D eigenvalue weighted by atomic mass is 10.0. The van der Waals surface area contributed by atoms with Gasteiger partial charge >= 0.3 is 0 Å². The van der Waals surface area contributed by atoms with Crippen molar-refractivity contribution < 1.29 is 9.90 Å². The molecule has 4 N–H and O–H groups in total. The Bertz CT molecular complexity index is 417. The number of hydrogen-bond acceptors (Lipinski definition) is 3. The number of nitrogens with two attached hydrogens (primary N) is 1. The Hall–Kier alpha value is -1.55. The Morgan fingerprint density at radius 1 is 1.19 bits per heavy atom. The highest BCUT2D eigenvalue weighted by atomic mass is 16.3. The van der Waals surface area contributed by atoms with Crippen molar-refractivity contribution in [3.8, 4) is 5.75 Å². The molecule has 1 unspecified atom stereocenters. The van der Waals surface area contributed by atoms with E-state index in [1.165, 1.54) is 0 Å². The predicted molar refractivity (Wildman–Crippen MR) is 86.1 cm³/mol. The van der Waals surface area contributed by atoms with E-state index in [1.54, 1.807) is 24.3 Å². The van der Waals surface area contributed by atoms with Crippen LogP contribution in [-0.2, 0) is 11.2 Å². The van der Waals surface area contributed by atoms with Crippen LogP contribution in [0.2, 0.25) is 0 Å². The van der Waals surface area contributed by atoms with Gasteiger partial charge in [0.1, 0.15) is 5.75 Å². The zero-order valence-corrected chi connectivity index (χ0v) is 13.1. The minimum Gasteiger partial charge on any atom is -0.508 e. The molecule has 21 heavy (non-hydrogen) atoms. The number of phenols is 1. The van der Waals surface area contributed by atoms with E-state index in [0.717, 1.165) is 37.7 Å². The molecule has 0 aliphatic rings. The molecule has 0 spiro atoms. The second-order valence-corrected chi connectivity index (χ2v) is 5.61. The summed E-state index contributed by atoms with van der Waals surface area (Å²) in [5.74, 6) is 0.136. The number of rotatable bonds is 9. The second kappa shape index (κ2) is 9.40. The van der Waals surface area contributed by atoms with Crippen molar-refractivity contribution in [3.05, 3.63) is 29.8 Å². The van der Waals surface area contributed by atoms with Crippen LogP contribution >= 0.6 is 0 Å². The van der Waals surface area contributed by atoms with E-state index in [4.69, 9.17) is 5.73 Å². The molecule has 1 amide bonds. The van der Waals surface area contributed by atoms with Crippen LogP contribution in [0.3, 0.4) is 0 Å². The maximum absolute atomic E-state index is 12.2. The largest absolute Gasteiger partial charge is 0.508 e. The number of nitrogens with one attached hydrogen (secondary N) is 1. The second-order valence-electron chi connectivity index (χ2n) is 5.61. The molecule has 0 fully saturated rings. The normalized spacial score (nSPS) is 13.7. The SMILES string of the molecule is CCCCC(CCC)NC(=O)[C@@H](N)Cc1ccc(O)cc1. The maximum atomic E-state index is 12.2. The van der Waals surface area contributed by atoms with E-state index >= 15 is 0 Å². The Morgan fingerprint density at radius 3 is 2.43 bits per heavy atom. The Kier molecular flexibility index (Phi) is 7.83. The molecule has 0 radical (unpaired) electrons. The van der Waals surface area contributed by atoms with Crippen LogP contribution in [0.1, 0.15) is 51.5 Å². The van der Waals surface area contributed by atoms with Crippen LogP contribution in [0, 0.1) is 0 Å². The molecule has 0 aliphatic carbocycles. The van der Waals surface area contributed by atoms with Crippen LogP contribution in [0.25, 0.3) is 0 Å². The third kappa shape index (κ3) is 6.63. The van der Waals surface area contributed by atoms with Crippen molar-refractivity contribution in [2.75, 3.05) is 0 Å². The Balaban J connectivity index is 2.49. The quantitative estimate of drug-likeness (QED) is 0.655. The fraction of sp³-hybridized carbons (Fsp3) is 0.588. The van der Waals surface area contributed by atoms with Crippen molar-refractivity contribution in [2.45, 2.75) is 64.5 Å². The summed E-state index contributed by atoms with van der Waals surface area (Å²) in [5.41, 5.74) is 6.94. The van der Waals surface area contributed by atoms with Crippen molar-refractivity contribution in [2.24, 2.45) is 5.73 Å². The summed E-state index contributed by atoms with van der Waals surface area (Å²) in [5, 5.41) is 12.3. The topological polar surface area (TPSA) is 75.4 Å². The van der Waals surface area contributed by atoms with E-state index in [0.29, 0.717) is 6.42 Å². The lowest BCUT2D eigenvalue weighted by Crippen LogP contribution is -2.46. The molecule has 1 aromatic carbocycles. The summed E-state index contributed by atoms with van der Waals surface area (Å²) in [6.45, 7) is 4.28. The zero-order chi connectivity index (χ0) is 15.7. The smallest absolute Gasteiger partial charge is 0.237 e. The molecule has 1 aromatic rings. The monoisotopic (exact) mass is 292 g/mol. The lowest BCUT2D eigenvalue weighted by molar-refractivity contribution is -0.123. The minimum atomic E-state index is -0.546. The number of carbonyl (C=O) groups excluding carboxylic acids is 1. The molecular formula is C17H28N2O2. The zero-order valence-electron chi connectivity index (χ0n) is 13.1. The fourth-order valence-corrected chi connectivity index (χ4v) is 2.37. The first-order valence-electron chi connectivity index (χ1n) is 7.90. The van der Waals surface area contributed by atoms with Gasteiger partial charge in [-0.1, -0.05) is 45.2 Å². The lowest BCUT2D eigenvalue weighted by Gasteiger charge is -2.20. The van der Waals surface area contributed by atoms with E-state index < -0.39 is 6.04 Å². The van der Waals surface area contributed by atoms with Gasteiger partial charge in [0.05, 0.1) is 6.04 Å². The molecule has 4 heteroatoms. The van der Waals surface area contributed by atoms with Crippen molar-refractivity contribution >= 4 is 5.91 Å². The number of unbranched alkanes of at least 4 members (excludes halogenated alkanes) is 1. The fourth-order valence-electron chi connectivity index (χ4n) is 2.37. The number of benzene rings is 1. The summed E-state index contributed by atoms with van der Waals surface area (Å²) in [6, 6.07) is 6.50. The third-order valence-electron chi connectivity index (χ3n) is 3.62. The van der Waals surface area contributed by atoms with Crippen LogP contribution in [0.4, 0.5) is 0 Å². The van der Waals surface area contributed by atoms with Crippen LogP contribution in [-0.4, -0.2) is 23.1 Å². The molecule has 0 heterocycles. The van der Waals surface area contributed by atoms with Crippen LogP contribution in [0.5, 0.6) is 5.75 Å². The van der Waals surface area contributed by atoms with Gasteiger partial charge in [0, 0.05) is 6.04 Å². The van der Waals surface area contributed by atoms with E-state index in [9.17, 15) is 9.90 Å². The highest BCUT2D eigenvalue weighted by molar-refractivity contribution is 5.82. The summed E-state index contributed by atoms with van der Waals surface area (Å²) in [4.78, 5) is 12.2. The molecule has 0 bridgehead atoms. The number of phenolic OH excluding ortho intramolecular Hbond substituents is 1. The molecule has 0 saturated carbocycles. The van der Waals surface area contributed by atoms with Crippen molar-refractivity contribution in [1.82, 2.24) is 5.32 Å². The first-order chi connectivity index (χ1) is 10.1. The first-order valence-corrected chi connectivity index (χ1v) is 7.90. The molecular weight excluding hydrogens is 264 g/mol. The molecule has 118 valence electrons. The van der Waals surface area contributed by atoms with Gasteiger partial charge in [-0.05, 0) is 37.0 Å². The Labute approximate surface area is 127 Å². The molecule has 1 rings (SSSR count). The summed E-state index contributed by atoms with van der Waals surface area (Å²) >= 11 is 0. The van der Waals surface area contributed by atoms with Gasteiger partial charge in [-0.15, -0.1) is 0 Å². The van der Waals surface area contributed by atoms with Gasteiger partial charge in [-0.2, -0.15) is 0 Å². The molecule has 0 aromatic heterocycles. The Morgan fingerprint density at radius 2 is 1.86 bits per heavy atom. The van der Waals surface area contributed by atoms with Crippen LogP contribution in [0.15, 0.2) is 24.3 Å². The van der Waals surface area contributed by atoms with E-state index in [-0.39, 0.29) is 17.7 Å². The van der Waals surface area contributed by atoms with Gasteiger partial charge < -0.3 is 16.2 Å². The average molecular weight is 292 g/mol. The summed E-state index contributed by atoms with van der Waals surface area (Å²) < 4.78 is 0. The minimum absolute atomic E-state index is 0.0855. The molecule has 0 saturated heterocycles. The molecule has 2 atom stereocenters. The molecule has 0 aliphatic heterocycles.